The van der Waals surface area contributed by atoms with Crippen molar-refractivity contribution >= 4 is 39.4 Å². The molecule has 0 unspecified atom stereocenters. The van der Waals surface area contributed by atoms with Crippen LogP contribution in [0.4, 0.5) is 0 Å². The number of hydrogen-bond acceptors (Lipinski definition) is 0. The average Bonchev–Trinajstić information content (AvgIpc) is 2.72. The van der Waals surface area contributed by atoms with Gasteiger partial charge in [0.2, 0.25) is 0 Å². The molecule has 0 fully saturated rings. The summed E-state index contributed by atoms with van der Waals surface area (Å²) in [6.07, 6.45) is 0. The van der Waals surface area contributed by atoms with Crippen LogP contribution in [0.1, 0.15) is 0 Å². The maximum absolute atomic E-state index is 2.77. The van der Waals surface area contributed by atoms with E-state index in [-0.39, 0.29) is 43.2 Å². The molecule has 0 heterocycles. The first kappa shape index (κ1) is 24.6. The minimum absolute atomic E-state index is 0. The molecule has 0 saturated heterocycles. The third-order valence-corrected chi connectivity index (χ3v) is 13.6. The van der Waals surface area contributed by atoms with E-state index in [0.717, 1.165) is 0 Å². The van der Waals surface area contributed by atoms with Gasteiger partial charge in [-0.25, -0.2) is 0 Å². The fourth-order valence-corrected chi connectivity index (χ4v) is 12.5. The van der Waals surface area contributed by atoms with Crippen LogP contribution < -0.4 is 29.8 Å². The molecule has 0 aliphatic rings. The molecule has 0 aliphatic carbocycles. The van der Waals surface area contributed by atoms with Gasteiger partial charge in [0, 0.05) is 22.4 Å². The molecule has 0 N–H and O–H groups in total. The summed E-state index contributed by atoms with van der Waals surface area (Å²) in [6, 6.07) is 44.2. The standard InChI is InChI=1S/C24H20As.Ag.BH3.ClH/c1-5-13-21(14-6-1)25(22-15-7-2-8-16-22,23-17-9-3-10-18-23)24-19-11-4-12-20-24;;;/h1-20H;;1H3;1H/q+1;;;/p-1. The van der Waals surface area contributed by atoms with Gasteiger partial charge in [-0.2, -0.15) is 0 Å². The van der Waals surface area contributed by atoms with Gasteiger partial charge >= 0.3 is 152 Å². The molecule has 4 aromatic rings. The quantitative estimate of drug-likeness (QED) is 0.288. The van der Waals surface area contributed by atoms with Crippen molar-refractivity contribution in [3.05, 3.63) is 121 Å². The van der Waals surface area contributed by atoms with Crippen molar-refractivity contribution in [3.63, 3.8) is 0 Å². The van der Waals surface area contributed by atoms with Gasteiger partial charge in [-0.3, -0.25) is 0 Å². The second-order valence-corrected chi connectivity index (χ2v) is 13.2. The zero-order valence-corrected chi connectivity index (χ0v) is 18.8. The zero-order valence-electron chi connectivity index (χ0n) is 14.7. The Morgan fingerprint density at radius 1 is 0.357 bits per heavy atom. The molecule has 0 amide bonds. The van der Waals surface area contributed by atoms with Crippen molar-refractivity contribution < 1.29 is 34.8 Å². The second kappa shape index (κ2) is 11.5. The summed E-state index contributed by atoms with van der Waals surface area (Å²) < 4.78 is 5.79. The molecule has 0 aromatic heterocycles. The zero-order chi connectivity index (χ0) is 17.0. The van der Waals surface area contributed by atoms with Gasteiger partial charge in [0.1, 0.15) is 0 Å². The van der Waals surface area contributed by atoms with Crippen molar-refractivity contribution in [2.75, 3.05) is 0 Å². The number of halogens is 1. The van der Waals surface area contributed by atoms with Crippen LogP contribution in [0.3, 0.4) is 0 Å². The van der Waals surface area contributed by atoms with Crippen molar-refractivity contribution in [1.29, 1.82) is 0 Å². The molecule has 4 heteroatoms. The third-order valence-electron chi connectivity index (χ3n) is 4.57. The number of hydrogen-bond donors (Lipinski definition) is 0. The summed E-state index contributed by atoms with van der Waals surface area (Å²) in [4.78, 5) is 0. The van der Waals surface area contributed by atoms with E-state index in [1.807, 2.05) is 0 Å². The van der Waals surface area contributed by atoms with Crippen LogP contribution in [0, 0.1) is 0 Å². The molecule has 0 bridgehead atoms. The Morgan fingerprint density at radius 2 is 0.536 bits per heavy atom. The Hall–Kier alpha value is -1.47. The Morgan fingerprint density at radius 3 is 0.714 bits per heavy atom. The Balaban J connectivity index is 0.00000131. The molecule has 0 spiro atoms. The molecule has 1 radical (unpaired) electrons. The predicted octanol–water partition coefficient (Wildman–Crippen LogP) is -1.12. The van der Waals surface area contributed by atoms with Crippen LogP contribution in [-0.2, 0) is 22.4 Å². The Labute approximate surface area is 194 Å². The first-order valence-corrected chi connectivity index (χ1v) is 12.3. The van der Waals surface area contributed by atoms with Gasteiger partial charge in [0.05, 0.1) is 8.41 Å². The van der Waals surface area contributed by atoms with Gasteiger partial charge in [-0.15, -0.1) is 0 Å². The molecule has 0 nitrogen and oxygen atoms in total. The fraction of sp³-hybridized carbons (Fsp3) is 0. The van der Waals surface area contributed by atoms with Crippen LogP contribution in [-0.4, -0.2) is 22.0 Å². The van der Waals surface area contributed by atoms with Gasteiger partial charge in [-0.05, 0) is 0 Å². The summed E-state index contributed by atoms with van der Waals surface area (Å²) in [5, 5.41) is 0. The predicted molar refractivity (Wildman–Crippen MR) is 120 cm³/mol. The van der Waals surface area contributed by atoms with Crippen LogP contribution in [0.5, 0.6) is 0 Å². The van der Waals surface area contributed by atoms with Crippen molar-refractivity contribution in [1.82, 2.24) is 0 Å². The molecule has 0 aliphatic heterocycles. The molecule has 4 aromatic carbocycles. The van der Waals surface area contributed by atoms with E-state index in [2.05, 4.69) is 121 Å². The van der Waals surface area contributed by atoms with E-state index in [9.17, 15) is 0 Å². The van der Waals surface area contributed by atoms with Crippen LogP contribution in [0.25, 0.3) is 0 Å². The summed E-state index contributed by atoms with van der Waals surface area (Å²) in [5.41, 5.74) is 0. The normalized spacial score (nSPS) is 10.0. The van der Waals surface area contributed by atoms with E-state index < -0.39 is 13.6 Å². The monoisotopic (exact) mass is 539 g/mol. The maximum atomic E-state index is 2.31. The van der Waals surface area contributed by atoms with Crippen molar-refractivity contribution in [2.45, 2.75) is 0 Å². The van der Waals surface area contributed by atoms with Crippen LogP contribution in [0.15, 0.2) is 121 Å². The summed E-state index contributed by atoms with van der Waals surface area (Å²) in [6.45, 7) is 0. The first-order chi connectivity index (χ1) is 12.4. The van der Waals surface area contributed by atoms with Crippen LogP contribution >= 0.6 is 0 Å². The molecular formula is C24H23AgAsBCl. The molecule has 4 rings (SSSR count). The SMILES string of the molecule is B.[Ag].[Cl-].c1ccc([As+](c2ccccc2)(c2ccccc2)c2ccccc2)cc1. The van der Waals surface area contributed by atoms with Gasteiger partial charge in [0.25, 0.3) is 0 Å². The van der Waals surface area contributed by atoms with Gasteiger partial charge in [-0.1, -0.05) is 0 Å². The molecular weight excluding hydrogens is 517 g/mol. The van der Waals surface area contributed by atoms with Crippen molar-refractivity contribution in [2.24, 2.45) is 0 Å². The topological polar surface area (TPSA) is 0 Å². The number of rotatable bonds is 4. The Kier molecular flexibility index (Phi) is 10.1. The second-order valence-electron chi connectivity index (χ2n) is 6.01. The van der Waals surface area contributed by atoms with Crippen LogP contribution in [0.2, 0.25) is 0 Å². The van der Waals surface area contributed by atoms with E-state index in [1.54, 1.807) is 0 Å². The third kappa shape index (κ3) is 4.57. The minimum atomic E-state index is -2.77. The molecule has 145 valence electrons. The van der Waals surface area contributed by atoms with Crippen molar-refractivity contribution in [3.8, 4) is 0 Å². The average molecular weight is 541 g/mol. The van der Waals surface area contributed by atoms with Gasteiger partial charge < -0.3 is 12.4 Å². The van der Waals surface area contributed by atoms with E-state index in [1.165, 1.54) is 17.4 Å². The summed E-state index contributed by atoms with van der Waals surface area (Å²) >= 11 is -2.77. The van der Waals surface area contributed by atoms with Gasteiger partial charge in [0.15, 0.2) is 0 Å². The fourth-order valence-electron chi connectivity index (χ4n) is 3.50. The number of benzene rings is 4. The molecule has 28 heavy (non-hydrogen) atoms. The Bertz CT molecular complexity index is 772. The first-order valence-electron chi connectivity index (χ1n) is 8.54. The summed E-state index contributed by atoms with van der Waals surface area (Å²) in [5.74, 6) is 0. The molecule has 0 saturated carbocycles. The van der Waals surface area contributed by atoms with E-state index in [0.29, 0.717) is 0 Å². The molecule has 0 atom stereocenters. The van der Waals surface area contributed by atoms with E-state index in [4.69, 9.17) is 0 Å². The summed E-state index contributed by atoms with van der Waals surface area (Å²) in [7, 11) is 0. The van der Waals surface area contributed by atoms with E-state index >= 15 is 0 Å².